The van der Waals surface area contributed by atoms with Gasteiger partial charge in [-0.05, 0) is 70.0 Å². The van der Waals surface area contributed by atoms with Crippen molar-refractivity contribution in [3.05, 3.63) is 59.2 Å². The number of carbonyl (C=O) groups excluding carboxylic acids is 2. The fourth-order valence-electron chi connectivity index (χ4n) is 2.13. The molecule has 0 aliphatic carbocycles. The molecule has 2 amide bonds. The second-order valence-corrected chi connectivity index (χ2v) is 6.70. The summed E-state index contributed by atoms with van der Waals surface area (Å²) >= 11 is 0. The zero-order valence-electron chi connectivity index (χ0n) is 14.9. The van der Waals surface area contributed by atoms with Crippen LogP contribution in [-0.2, 0) is 9.59 Å². The minimum atomic E-state index is -1.19. The Hall–Kier alpha value is -2.62. The minimum absolute atomic E-state index is 0.338. The van der Waals surface area contributed by atoms with Crippen LogP contribution in [0.25, 0.3) is 0 Å². The molecular weight excluding hydrogens is 300 g/mol. The normalized spacial score (nSPS) is 11.0. The lowest BCUT2D eigenvalue weighted by Crippen LogP contribution is -2.41. The summed E-state index contributed by atoms with van der Waals surface area (Å²) < 4.78 is 0. The monoisotopic (exact) mass is 324 g/mol. The van der Waals surface area contributed by atoms with Gasteiger partial charge in [0.25, 0.3) is 0 Å². The summed E-state index contributed by atoms with van der Waals surface area (Å²) in [5.41, 5.74) is 3.54. The molecule has 2 rings (SSSR count). The smallest absolute Gasteiger partial charge is 0.239 e. The summed E-state index contributed by atoms with van der Waals surface area (Å²) in [6.45, 7) is 9.21. The van der Waals surface area contributed by atoms with Crippen molar-refractivity contribution in [3.8, 4) is 0 Å². The van der Waals surface area contributed by atoms with E-state index in [1.807, 2.05) is 63.2 Å². The van der Waals surface area contributed by atoms with Gasteiger partial charge >= 0.3 is 0 Å². The van der Waals surface area contributed by atoms with Gasteiger partial charge in [0, 0.05) is 11.4 Å². The van der Waals surface area contributed by atoms with Gasteiger partial charge in [-0.1, -0.05) is 23.8 Å². The predicted molar refractivity (Wildman–Crippen MR) is 98.1 cm³/mol. The highest BCUT2D eigenvalue weighted by Gasteiger charge is 2.36. The van der Waals surface area contributed by atoms with E-state index in [4.69, 9.17) is 0 Å². The van der Waals surface area contributed by atoms with Crippen LogP contribution in [0, 0.1) is 26.2 Å². The third-order valence-electron chi connectivity index (χ3n) is 4.21. The van der Waals surface area contributed by atoms with Crippen molar-refractivity contribution in [2.75, 3.05) is 10.6 Å². The molecule has 4 nitrogen and oxygen atoms in total. The number of nitrogens with one attached hydrogen (secondary N) is 2. The molecule has 0 atom stereocenters. The van der Waals surface area contributed by atoms with E-state index >= 15 is 0 Å². The van der Waals surface area contributed by atoms with Crippen LogP contribution >= 0.6 is 0 Å². The molecule has 0 aliphatic rings. The Bertz CT molecular complexity index is 762. The van der Waals surface area contributed by atoms with Crippen LogP contribution in [0.2, 0.25) is 0 Å². The van der Waals surface area contributed by atoms with Crippen molar-refractivity contribution in [2.24, 2.45) is 5.41 Å². The molecule has 0 unspecified atom stereocenters. The van der Waals surface area contributed by atoms with E-state index < -0.39 is 5.41 Å². The molecule has 126 valence electrons. The first-order valence-electron chi connectivity index (χ1n) is 7.97. The van der Waals surface area contributed by atoms with Gasteiger partial charge in [0.15, 0.2) is 0 Å². The molecule has 0 aromatic heterocycles. The largest absolute Gasteiger partial charge is 0.325 e. The van der Waals surface area contributed by atoms with Gasteiger partial charge in [0.2, 0.25) is 11.8 Å². The van der Waals surface area contributed by atoms with Crippen LogP contribution in [0.1, 0.15) is 30.5 Å². The third-order valence-corrected chi connectivity index (χ3v) is 4.21. The molecule has 0 spiro atoms. The number of benzene rings is 2. The van der Waals surface area contributed by atoms with E-state index in [1.54, 1.807) is 13.8 Å². The first kappa shape index (κ1) is 17.7. The van der Waals surface area contributed by atoms with E-state index in [0.29, 0.717) is 11.4 Å². The quantitative estimate of drug-likeness (QED) is 0.828. The molecule has 4 heteroatoms. The lowest BCUT2D eigenvalue weighted by molar-refractivity contribution is -0.135. The average molecular weight is 324 g/mol. The summed E-state index contributed by atoms with van der Waals surface area (Å²) in [4.78, 5) is 25.0. The van der Waals surface area contributed by atoms with Crippen LogP contribution < -0.4 is 10.6 Å². The average Bonchev–Trinajstić information content (AvgIpc) is 2.53. The van der Waals surface area contributed by atoms with Crippen molar-refractivity contribution in [2.45, 2.75) is 34.6 Å². The number of anilines is 2. The van der Waals surface area contributed by atoms with Crippen molar-refractivity contribution in [1.29, 1.82) is 0 Å². The van der Waals surface area contributed by atoms with E-state index in [2.05, 4.69) is 10.6 Å². The molecule has 0 saturated carbocycles. The minimum Gasteiger partial charge on any atom is -0.325 e. The lowest BCUT2D eigenvalue weighted by atomic mass is 9.90. The highest BCUT2D eigenvalue weighted by molar-refractivity contribution is 6.14. The molecular formula is C20H24N2O2. The lowest BCUT2D eigenvalue weighted by Gasteiger charge is -2.23. The molecule has 0 fully saturated rings. The van der Waals surface area contributed by atoms with Gasteiger partial charge in [-0.3, -0.25) is 9.59 Å². The molecule has 0 radical (unpaired) electrons. The maximum absolute atomic E-state index is 12.5. The van der Waals surface area contributed by atoms with Crippen molar-refractivity contribution >= 4 is 23.2 Å². The van der Waals surface area contributed by atoms with Crippen LogP contribution in [0.5, 0.6) is 0 Å². The zero-order chi connectivity index (χ0) is 17.9. The molecule has 0 aliphatic heterocycles. The van der Waals surface area contributed by atoms with E-state index in [0.717, 1.165) is 16.7 Å². The number of hydrogen-bond acceptors (Lipinski definition) is 2. The number of hydrogen-bond donors (Lipinski definition) is 2. The van der Waals surface area contributed by atoms with E-state index in [-0.39, 0.29) is 11.8 Å². The first-order chi connectivity index (χ1) is 11.2. The second kappa shape index (κ2) is 6.87. The Labute approximate surface area is 143 Å². The van der Waals surface area contributed by atoms with Crippen molar-refractivity contribution < 1.29 is 9.59 Å². The van der Waals surface area contributed by atoms with Gasteiger partial charge < -0.3 is 10.6 Å². The Balaban J connectivity index is 2.09. The van der Waals surface area contributed by atoms with Gasteiger partial charge in [-0.2, -0.15) is 0 Å². The topological polar surface area (TPSA) is 58.2 Å². The van der Waals surface area contributed by atoms with E-state index in [1.165, 1.54) is 0 Å². The van der Waals surface area contributed by atoms with Crippen molar-refractivity contribution in [1.82, 2.24) is 0 Å². The molecule has 2 aromatic carbocycles. The van der Waals surface area contributed by atoms with Crippen LogP contribution in [-0.4, -0.2) is 11.8 Å². The predicted octanol–water partition coefficient (Wildman–Crippen LogP) is 4.22. The van der Waals surface area contributed by atoms with Crippen molar-refractivity contribution in [3.63, 3.8) is 0 Å². The highest BCUT2D eigenvalue weighted by Crippen LogP contribution is 2.23. The van der Waals surface area contributed by atoms with Gasteiger partial charge in [0.05, 0.1) is 0 Å². The molecule has 2 N–H and O–H groups in total. The summed E-state index contributed by atoms with van der Waals surface area (Å²) in [5, 5.41) is 5.62. The van der Waals surface area contributed by atoms with Gasteiger partial charge in [-0.15, -0.1) is 0 Å². The van der Waals surface area contributed by atoms with Crippen LogP contribution in [0.15, 0.2) is 42.5 Å². The summed E-state index contributed by atoms with van der Waals surface area (Å²) in [6, 6.07) is 13.2. The summed E-state index contributed by atoms with van der Waals surface area (Å²) in [7, 11) is 0. The standard InChI is InChI=1S/C20H24N2O2/c1-13-6-9-16(10-7-13)21-18(23)20(4,5)19(24)22-17-11-8-14(2)15(3)12-17/h6-12H,1-5H3,(H,21,23)(H,22,24). The number of carbonyl (C=O) groups is 2. The van der Waals surface area contributed by atoms with Gasteiger partial charge in [-0.25, -0.2) is 0 Å². The molecule has 0 saturated heterocycles. The zero-order valence-corrected chi connectivity index (χ0v) is 14.9. The van der Waals surface area contributed by atoms with Crippen LogP contribution in [0.4, 0.5) is 11.4 Å². The fourth-order valence-corrected chi connectivity index (χ4v) is 2.13. The van der Waals surface area contributed by atoms with Gasteiger partial charge in [0.1, 0.15) is 5.41 Å². The maximum atomic E-state index is 12.5. The Morgan fingerprint density at radius 2 is 1.25 bits per heavy atom. The maximum Gasteiger partial charge on any atom is 0.239 e. The first-order valence-corrected chi connectivity index (χ1v) is 7.97. The van der Waals surface area contributed by atoms with Crippen LogP contribution in [0.3, 0.4) is 0 Å². The Morgan fingerprint density at radius 1 is 0.750 bits per heavy atom. The molecule has 0 bridgehead atoms. The SMILES string of the molecule is Cc1ccc(NC(=O)C(C)(C)C(=O)Nc2ccc(C)c(C)c2)cc1. The highest BCUT2D eigenvalue weighted by atomic mass is 16.2. The Kier molecular flexibility index (Phi) is 5.07. The second-order valence-electron chi connectivity index (χ2n) is 6.70. The summed E-state index contributed by atoms with van der Waals surface area (Å²) in [5.74, 6) is -0.678. The summed E-state index contributed by atoms with van der Waals surface area (Å²) in [6.07, 6.45) is 0. The van der Waals surface area contributed by atoms with E-state index in [9.17, 15) is 9.59 Å². The number of rotatable bonds is 4. The number of aryl methyl sites for hydroxylation is 3. The molecule has 0 heterocycles. The third kappa shape index (κ3) is 4.02. The number of amides is 2. The molecule has 2 aromatic rings. The molecule has 24 heavy (non-hydrogen) atoms. The fraction of sp³-hybridized carbons (Fsp3) is 0.300. The Morgan fingerprint density at radius 3 is 1.79 bits per heavy atom.